The van der Waals surface area contributed by atoms with E-state index in [0.717, 1.165) is 39.5 Å². The van der Waals surface area contributed by atoms with E-state index in [1.165, 1.54) is 146 Å². The van der Waals surface area contributed by atoms with E-state index in [-0.39, 0.29) is 0 Å². The number of H-pyrrole nitrogens is 1. The maximum atomic E-state index is 5.20. The monoisotopic (exact) mass is 1790 g/mol. The summed E-state index contributed by atoms with van der Waals surface area (Å²) in [6.07, 6.45) is 12.0. The molecule has 1 N–H and O–H groups in total. The van der Waals surface area contributed by atoms with Gasteiger partial charge in [0, 0.05) is 120 Å². The average molecular weight is 1790 g/mol. The Morgan fingerprint density at radius 3 is 1.63 bits per heavy atom. The molecule has 0 amide bonds. The summed E-state index contributed by atoms with van der Waals surface area (Å²) >= 11 is 3.62. The first-order valence-electron chi connectivity index (χ1n) is 45.5. The van der Waals surface area contributed by atoms with Crippen LogP contribution in [0.3, 0.4) is 0 Å². The van der Waals surface area contributed by atoms with Crippen LogP contribution in [0.1, 0.15) is 296 Å². The molecule has 24 heteroatoms. The Morgan fingerprint density at radius 2 is 1.05 bits per heavy atom. The van der Waals surface area contributed by atoms with Gasteiger partial charge in [0.2, 0.25) is 12.3 Å². The van der Waals surface area contributed by atoms with Gasteiger partial charge in [0.05, 0.1) is 49.5 Å². The molecule has 0 spiro atoms. The number of hydrogen-bond acceptors (Lipinski definition) is 18. The minimum absolute atomic E-state index is 0.345. The molecule has 0 aliphatic heterocycles. The third-order valence-corrected chi connectivity index (χ3v) is 24.7. The van der Waals surface area contributed by atoms with E-state index in [1.807, 2.05) is 83.2 Å². The topological polar surface area (TPSA) is 247 Å². The number of rotatable bonds is 11. The van der Waals surface area contributed by atoms with Crippen LogP contribution in [0.25, 0.3) is 87.2 Å². The fourth-order valence-electron chi connectivity index (χ4n) is 14.5. The first-order chi connectivity index (χ1) is 62.2. The maximum absolute atomic E-state index is 5.20. The molecule has 0 saturated carbocycles. The number of tetrazole rings is 2. The van der Waals surface area contributed by atoms with Crippen molar-refractivity contribution in [2.24, 2.45) is 35.2 Å². The number of benzene rings is 8. The molecule has 0 saturated heterocycles. The minimum atomic E-state index is 0.345. The standard InChI is InChI=1S/C16H17N.C15H17NS.2C12H15N.C11H14N2.C10H11NO.C10H11NS.C6H9NO.C5H10N4.C5H8N2O.C4H8N4/c1-11(2)12-8-9-14-13-6-4-5-7-15(13)17(3)16(14)10-12;1-10(2)15-16-14-12-8-4-3-6-11(12)7-5-9-13(14)17-15;1-9(2)10-4-5-12-11(8-10)6-7-13(12)3;1-9(2)12-8-10-6-4-5-7-11(10)13(12)3;1-8(2)9-4-5-10-11(6-9)13(3)7-12-10;2*1-7(2)8-3-4-9-10(5-8)12-6-11-9;1-5(2)6-3-4-8-7-6;1-4(2)5-6-7-8-9(5)3;1-4(2)5-7-6-3-8-5;1-3(2)4-5-7-8-6-4/h4-11H,1-3H3;3-4,6,8,10H,5,7,9H2,1-2H3;2*4-9H,1-3H3;4-8H,1-3H3;2*3-7H,1-2H3;3-5H,1-2H3;4H,1-3H3;3-4H,1-2H3;3H,1-2H3,(H,5,6,7,8). The molecule has 11 heterocycles. The molecule has 0 atom stereocenters. The van der Waals surface area contributed by atoms with Crippen LogP contribution >= 0.6 is 22.7 Å². The normalized spacial score (nSPS) is 11.6. The van der Waals surface area contributed by atoms with Gasteiger partial charge in [0.25, 0.3) is 0 Å². The molecule has 1 aliphatic carbocycles. The summed E-state index contributed by atoms with van der Waals surface area (Å²) in [5.74, 6) is 8.06. The van der Waals surface area contributed by atoms with Crippen molar-refractivity contribution < 1.29 is 13.4 Å². The van der Waals surface area contributed by atoms with Crippen molar-refractivity contribution in [3.05, 3.63) is 291 Å². The van der Waals surface area contributed by atoms with Gasteiger partial charge in [-0.15, -0.1) is 48.2 Å². The van der Waals surface area contributed by atoms with E-state index >= 15 is 0 Å². The lowest BCUT2D eigenvalue weighted by Crippen LogP contribution is -2.00. The predicted octanol–water partition coefficient (Wildman–Crippen LogP) is 28.2. The number of oxazole rings is 1. The molecule has 11 aromatic heterocycles. The van der Waals surface area contributed by atoms with Crippen molar-refractivity contribution in [2.75, 3.05) is 0 Å². The zero-order valence-electron chi connectivity index (χ0n) is 81.3. The van der Waals surface area contributed by atoms with E-state index in [9.17, 15) is 0 Å². The van der Waals surface area contributed by atoms with Crippen LogP contribution in [-0.2, 0) is 48.1 Å². The zero-order valence-corrected chi connectivity index (χ0v) is 83.0. The van der Waals surface area contributed by atoms with Crippen molar-refractivity contribution >= 4 is 98.6 Å². The Balaban J connectivity index is 0.000000150. The van der Waals surface area contributed by atoms with E-state index in [4.69, 9.17) is 13.8 Å². The SMILES string of the molecule is CC(C)c1cc2ccccc2n1C.CC(C)c1ccc2c(ccn2C)c1.CC(C)c1ccc2c3ccccc3n(C)c2c1.CC(C)c1ccc2ncn(C)c2c1.CC(C)c1ccc2ncoc2c1.CC(C)c1ccc2ncsc2c1.CC(C)c1ccon1.CC(C)c1nc2c(s1)CCCc1ccccc1-2.CC(C)c1nn[nH]n1.CC(C)c1nnco1.CC(C)c1nnnn1C. The fraction of sp³-hybridized carbons (Fsp3) is 0.387. The molecule has 0 fully saturated rings. The van der Waals surface area contributed by atoms with Crippen LogP contribution in [0.4, 0.5) is 0 Å². The number of nitrogens with one attached hydrogen (secondary N) is 1. The second-order valence-corrected chi connectivity index (χ2v) is 38.2. The van der Waals surface area contributed by atoms with Crippen molar-refractivity contribution in [1.82, 2.24) is 94.4 Å². The molecule has 8 aromatic carbocycles. The highest BCUT2D eigenvalue weighted by Gasteiger charge is 2.21. The third kappa shape index (κ3) is 27.1. The van der Waals surface area contributed by atoms with Gasteiger partial charge in [0.1, 0.15) is 11.8 Å². The molecule has 22 nitrogen and oxygen atoms in total. The van der Waals surface area contributed by atoms with E-state index in [2.05, 4.69) is 405 Å². The lowest BCUT2D eigenvalue weighted by Gasteiger charge is -2.06. The zero-order chi connectivity index (χ0) is 94.0. The van der Waals surface area contributed by atoms with Crippen molar-refractivity contribution in [1.29, 1.82) is 0 Å². The molecule has 0 unspecified atom stereocenters. The van der Waals surface area contributed by atoms with Crippen molar-refractivity contribution in [3.8, 4) is 11.3 Å². The second-order valence-electron chi connectivity index (χ2n) is 36.2. The number of aryl methyl sites for hydroxylation is 7. The Labute approximate surface area is 775 Å². The number of nitrogens with zero attached hydrogens (tertiary/aromatic N) is 18. The number of para-hydroxylation sites is 2. The summed E-state index contributed by atoms with van der Waals surface area (Å²) in [7, 11) is 10.2. The number of aromatic amines is 1. The summed E-state index contributed by atoms with van der Waals surface area (Å²) < 4.78 is 26.4. The molecule has 19 aromatic rings. The highest BCUT2D eigenvalue weighted by molar-refractivity contribution is 7.16. The van der Waals surface area contributed by atoms with Gasteiger partial charge < -0.3 is 31.6 Å². The largest absolute Gasteiger partial charge is 0.443 e. The molecule has 130 heavy (non-hydrogen) atoms. The highest BCUT2D eigenvalue weighted by atomic mass is 32.1. The Hall–Kier alpha value is -12.4. The molecule has 0 bridgehead atoms. The number of fused-ring (bicyclic) bond motifs is 11. The Kier molecular flexibility index (Phi) is 36.6. The molecule has 1 aliphatic rings. The van der Waals surface area contributed by atoms with Crippen LogP contribution < -0.4 is 0 Å². The van der Waals surface area contributed by atoms with Gasteiger partial charge in [-0.3, -0.25) is 0 Å². The fourth-order valence-corrected chi connectivity index (χ4v) is 16.4. The molecule has 20 rings (SSSR count). The maximum Gasteiger partial charge on any atom is 0.218 e. The lowest BCUT2D eigenvalue weighted by molar-refractivity contribution is 0.408. The molecule has 0 radical (unpaired) electrons. The van der Waals surface area contributed by atoms with E-state index in [0.29, 0.717) is 71.0 Å². The second kappa shape index (κ2) is 47.8. The molecule has 684 valence electrons. The van der Waals surface area contributed by atoms with Gasteiger partial charge in [-0.1, -0.05) is 260 Å². The first kappa shape index (κ1) is 99.7. The summed E-state index contributed by atoms with van der Waals surface area (Å²) in [5.41, 5.74) is 25.8. The van der Waals surface area contributed by atoms with Crippen LogP contribution in [0.15, 0.2) is 232 Å². The number of thiazole rings is 2. The first-order valence-corrected chi connectivity index (χ1v) is 47.2. The Bertz CT molecular complexity index is 6410. The molecular formula is C106H135N19O3S2. The van der Waals surface area contributed by atoms with Crippen LogP contribution in [0.5, 0.6) is 0 Å². The predicted molar refractivity (Wildman–Crippen MR) is 539 cm³/mol. The lowest BCUT2D eigenvalue weighted by atomic mass is 10.0. The van der Waals surface area contributed by atoms with Crippen LogP contribution in [0.2, 0.25) is 0 Å². The van der Waals surface area contributed by atoms with E-state index in [1.54, 1.807) is 22.3 Å². The van der Waals surface area contributed by atoms with Gasteiger partial charge in [0.15, 0.2) is 23.6 Å². The third-order valence-electron chi connectivity index (χ3n) is 22.5. The average Bonchev–Trinajstić information content (AvgIpc) is 1.61. The summed E-state index contributed by atoms with van der Waals surface area (Å²) in [6.45, 7) is 47.3. The van der Waals surface area contributed by atoms with Crippen LogP contribution in [-0.4, -0.2) is 94.4 Å². The summed E-state index contributed by atoms with van der Waals surface area (Å²) in [4.78, 5) is 18.9. The van der Waals surface area contributed by atoms with Crippen LogP contribution in [0, 0.1) is 0 Å². The highest BCUT2D eigenvalue weighted by Crippen LogP contribution is 2.38. The van der Waals surface area contributed by atoms with Gasteiger partial charge in [-0.05, 0) is 194 Å². The summed E-state index contributed by atoms with van der Waals surface area (Å²) in [6, 6.07) is 64.8. The van der Waals surface area contributed by atoms with Crippen molar-refractivity contribution in [3.63, 3.8) is 0 Å². The number of imidazole rings is 1. The van der Waals surface area contributed by atoms with Crippen molar-refractivity contribution in [2.45, 2.75) is 237 Å². The summed E-state index contributed by atoms with van der Waals surface area (Å²) in [5, 5.41) is 42.0. The molecular weight excluding hydrogens is 1650 g/mol. The van der Waals surface area contributed by atoms with Gasteiger partial charge in [-0.25, -0.2) is 24.6 Å². The van der Waals surface area contributed by atoms with Gasteiger partial charge >= 0.3 is 0 Å². The minimum Gasteiger partial charge on any atom is -0.443 e. The number of hydrogen-bond donors (Lipinski definition) is 1. The quantitative estimate of drug-likeness (QED) is 0.126. The Morgan fingerprint density at radius 1 is 0.438 bits per heavy atom. The number of aromatic nitrogens is 19. The van der Waals surface area contributed by atoms with E-state index < -0.39 is 0 Å². The smallest absolute Gasteiger partial charge is 0.218 e. The van der Waals surface area contributed by atoms with Gasteiger partial charge in [-0.2, -0.15) is 5.21 Å².